The van der Waals surface area contributed by atoms with E-state index in [0.29, 0.717) is 12.4 Å². The second-order valence-electron chi connectivity index (χ2n) is 5.59. The van der Waals surface area contributed by atoms with Crippen LogP contribution in [0.3, 0.4) is 0 Å². The fraction of sp³-hybridized carbons (Fsp3) is 0.562. The van der Waals surface area contributed by atoms with Gasteiger partial charge in [-0.3, -0.25) is 0 Å². The highest BCUT2D eigenvalue weighted by atomic mass is 32.1. The number of ether oxygens (including phenoxy) is 1. The minimum atomic E-state index is -0.522. The van der Waals surface area contributed by atoms with Gasteiger partial charge in [0.1, 0.15) is 23.2 Å². The van der Waals surface area contributed by atoms with E-state index in [0.717, 1.165) is 18.6 Å². The molecule has 0 spiro atoms. The molecule has 1 aromatic rings. The molecule has 0 heterocycles. The Morgan fingerprint density at radius 2 is 1.95 bits per heavy atom. The minimum Gasteiger partial charge on any atom is -0.491 e. The number of hydrogen-bond donors (Lipinski definition) is 1. The summed E-state index contributed by atoms with van der Waals surface area (Å²) >= 11 is 4.49. The first-order valence-electron chi connectivity index (χ1n) is 7.13. The van der Waals surface area contributed by atoms with Gasteiger partial charge in [-0.05, 0) is 30.7 Å². The summed E-state index contributed by atoms with van der Waals surface area (Å²) in [6.45, 7) is 0.509. The molecule has 1 aliphatic rings. The number of halogens is 1. The topological polar surface area (TPSA) is 33.0 Å². The normalized spacial score (nSPS) is 18.1. The van der Waals surface area contributed by atoms with Gasteiger partial charge in [-0.1, -0.05) is 31.7 Å². The van der Waals surface area contributed by atoms with Crippen molar-refractivity contribution in [2.45, 2.75) is 38.5 Å². The van der Waals surface area contributed by atoms with Gasteiger partial charge in [-0.2, -0.15) is 17.9 Å². The summed E-state index contributed by atoms with van der Waals surface area (Å²) in [5, 5.41) is 9.02. The zero-order chi connectivity index (χ0) is 14.4. The summed E-state index contributed by atoms with van der Waals surface area (Å²) < 4.78 is 19.3. The number of nitrogens with zero attached hydrogens (tertiary/aromatic N) is 1. The molecule has 0 aliphatic heterocycles. The molecule has 108 valence electrons. The van der Waals surface area contributed by atoms with Crippen molar-refractivity contribution in [3.63, 3.8) is 0 Å². The van der Waals surface area contributed by atoms with Gasteiger partial charge >= 0.3 is 0 Å². The highest BCUT2D eigenvalue weighted by Crippen LogP contribution is 2.37. The number of thiol groups is 1. The highest BCUT2D eigenvalue weighted by Gasteiger charge is 2.30. The fourth-order valence-corrected chi connectivity index (χ4v) is 3.20. The fourth-order valence-electron chi connectivity index (χ4n) is 2.79. The van der Waals surface area contributed by atoms with E-state index in [9.17, 15) is 4.39 Å². The van der Waals surface area contributed by atoms with Crippen LogP contribution in [0.2, 0.25) is 0 Å². The molecule has 0 radical (unpaired) electrons. The molecule has 2 rings (SSSR count). The second-order valence-corrected chi connectivity index (χ2v) is 5.90. The molecular weight excluding hydrogens is 273 g/mol. The van der Waals surface area contributed by atoms with Crippen molar-refractivity contribution in [2.24, 2.45) is 5.41 Å². The van der Waals surface area contributed by atoms with E-state index in [1.165, 1.54) is 31.7 Å². The molecule has 0 atom stereocenters. The number of rotatable bonds is 4. The van der Waals surface area contributed by atoms with Crippen LogP contribution < -0.4 is 4.74 Å². The average Bonchev–Trinajstić information content (AvgIpc) is 2.71. The molecule has 1 aromatic carbocycles. The van der Waals surface area contributed by atoms with Gasteiger partial charge in [-0.15, -0.1) is 0 Å². The van der Waals surface area contributed by atoms with Crippen molar-refractivity contribution in [3.8, 4) is 11.8 Å². The predicted octanol–water partition coefficient (Wildman–Crippen LogP) is 4.35. The third-order valence-electron chi connectivity index (χ3n) is 4.12. The Balaban J connectivity index is 2.10. The molecule has 1 fully saturated rings. The molecule has 0 unspecified atom stereocenters. The Kier molecular flexibility index (Phi) is 5.31. The van der Waals surface area contributed by atoms with Crippen molar-refractivity contribution in [3.05, 3.63) is 29.6 Å². The van der Waals surface area contributed by atoms with Gasteiger partial charge in [0.2, 0.25) is 0 Å². The zero-order valence-corrected chi connectivity index (χ0v) is 12.5. The highest BCUT2D eigenvalue weighted by molar-refractivity contribution is 7.80. The lowest BCUT2D eigenvalue weighted by Crippen LogP contribution is -2.30. The molecule has 0 saturated heterocycles. The van der Waals surface area contributed by atoms with Crippen LogP contribution in [-0.4, -0.2) is 12.4 Å². The van der Waals surface area contributed by atoms with Crippen molar-refractivity contribution >= 4 is 12.6 Å². The third kappa shape index (κ3) is 3.46. The summed E-state index contributed by atoms with van der Waals surface area (Å²) in [4.78, 5) is 0. The summed E-state index contributed by atoms with van der Waals surface area (Å²) in [5.74, 6) is 0.591. The number of hydrogen-bond acceptors (Lipinski definition) is 3. The molecule has 0 aromatic heterocycles. The first-order valence-corrected chi connectivity index (χ1v) is 7.76. The predicted molar refractivity (Wildman–Crippen MR) is 80.6 cm³/mol. The SMILES string of the molecule is N#Cc1c(F)cccc1OCC1(CS)CCCCCC1. The molecule has 0 bridgehead atoms. The molecule has 20 heavy (non-hydrogen) atoms. The quantitative estimate of drug-likeness (QED) is 0.661. The summed E-state index contributed by atoms with van der Waals surface area (Å²) in [7, 11) is 0. The van der Waals surface area contributed by atoms with Crippen LogP contribution in [0, 0.1) is 22.6 Å². The first kappa shape index (κ1) is 15.2. The largest absolute Gasteiger partial charge is 0.491 e. The Morgan fingerprint density at radius 1 is 1.25 bits per heavy atom. The summed E-state index contributed by atoms with van der Waals surface area (Å²) in [6.07, 6.45) is 7.09. The van der Waals surface area contributed by atoms with E-state index < -0.39 is 5.82 Å². The molecule has 4 heteroatoms. The van der Waals surface area contributed by atoms with E-state index >= 15 is 0 Å². The molecule has 0 N–H and O–H groups in total. The third-order valence-corrected chi connectivity index (χ3v) is 4.79. The standard InChI is InChI=1S/C16H20FNOS/c17-14-6-5-7-15(13(14)10-18)19-11-16(12-20)8-3-1-2-4-9-16/h5-7,20H,1-4,8-9,11-12H2. The van der Waals surface area contributed by atoms with Crippen LogP contribution in [0.25, 0.3) is 0 Å². The number of benzene rings is 1. The minimum absolute atomic E-state index is 0.00423. The van der Waals surface area contributed by atoms with Crippen LogP contribution >= 0.6 is 12.6 Å². The maximum Gasteiger partial charge on any atom is 0.144 e. The summed E-state index contributed by atoms with van der Waals surface area (Å²) in [6, 6.07) is 6.39. The van der Waals surface area contributed by atoms with Crippen LogP contribution in [0.15, 0.2) is 18.2 Å². The molecular formula is C16H20FNOS. The van der Waals surface area contributed by atoms with Crippen molar-refractivity contribution in [1.82, 2.24) is 0 Å². The van der Waals surface area contributed by atoms with E-state index in [4.69, 9.17) is 10.00 Å². The van der Waals surface area contributed by atoms with Crippen LogP contribution in [0.1, 0.15) is 44.1 Å². The van der Waals surface area contributed by atoms with Crippen LogP contribution in [-0.2, 0) is 0 Å². The maximum atomic E-state index is 13.5. The van der Waals surface area contributed by atoms with Crippen molar-refractivity contribution in [1.29, 1.82) is 5.26 Å². The van der Waals surface area contributed by atoms with Crippen molar-refractivity contribution < 1.29 is 9.13 Å². The van der Waals surface area contributed by atoms with Gasteiger partial charge in [-0.25, -0.2) is 4.39 Å². The van der Waals surface area contributed by atoms with Gasteiger partial charge in [0.15, 0.2) is 0 Å². The zero-order valence-electron chi connectivity index (χ0n) is 11.6. The van der Waals surface area contributed by atoms with Gasteiger partial charge < -0.3 is 4.74 Å². The van der Waals surface area contributed by atoms with Crippen LogP contribution in [0.4, 0.5) is 4.39 Å². The van der Waals surface area contributed by atoms with E-state index in [1.54, 1.807) is 12.1 Å². The second kappa shape index (κ2) is 6.99. The Bertz CT molecular complexity index is 490. The lowest BCUT2D eigenvalue weighted by Gasteiger charge is -2.31. The van der Waals surface area contributed by atoms with E-state index in [-0.39, 0.29) is 11.0 Å². The Morgan fingerprint density at radius 3 is 2.55 bits per heavy atom. The Hall–Kier alpha value is -1.21. The number of nitriles is 1. The molecule has 0 amide bonds. The monoisotopic (exact) mass is 293 g/mol. The molecule has 1 saturated carbocycles. The first-order chi connectivity index (χ1) is 9.71. The van der Waals surface area contributed by atoms with E-state index in [2.05, 4.69) is 12.6 Å². The van der Waals surface area contributed by atoms with Gasteiger partial charge in [0.05, 0.1) is 6.61 Å². The lowest BCUT2D eigenvalue weighted by atomic mass is 9.83. The van der Waals surface area contributed by atoms with Gasteiger partial charge in [0.25, 0.3) is 0 Å². The molecule has 2 nitrogen and oxygen atoms in total. The Labute approximate surface area is 125 Å². The van der Waals surface area contributed by atoms with E-state index in [1.807, 2.05) is 6.07 Å². The molecule has 1 aliphatic carbocycles. The van der Waals surface area contributed by atoms with Gasteiger partial charge in [0, 0.05) is 5.41 Å². The van der Waals surface area contributed by atoms with Crippen molar-refractivity contribution in [2.75, 3.05) is 12.4 Å². The summed E-state index contributed by atoms with van der Waals surface area (Å²) in [5.41, 5.74) is 0.0500. The van der Waals surface area contributed by atoms with Crippen LogP contribution in [0.5, 0.6) is 5.75 Å². The average molecular weight is 293 g/mol. The smallest absolute Gasteiger partial charge is 0.144 e. The maximum absolute atomic E-state index is 13.5. The lowest BCUT2D eigenvalue weighted by molar-refractivity contribution is 0.147.